The maximum absolute atomic E-state index is 10.4. The lowest BCUT2D eigenvalue weighted by Crippen LogP contribution is -2.24. The van der Waals surface area contributed by atoms with Crippen LogP contribution >= 0.6 is 0 Å². The Balaban J connectivity index is 2.94. The molecule has 2 unspecified atom stereocenters. The van der Waals surface area contributed by atoms with Crippen molar-refractivity contribution in [2.24, 2.45) is 5.73 Å². The van der Waals surface area contributed by atoms with E-state index in [1.807, 2.05) is 0 Å². The molecule has 0 saturated heterocycles. The summed E-state index contributed by atoms with van der Waals surface area (Å²) in [5.41, 5.74) is 6.42. The Labute approximate surface area is 76.4 Å². The van der Waals surface area contributed by atoms with Crippen molar-refractivity contribution in [1.29, 1.82) is 0 Å². The fourth-order valence-electron chi connectivity index (χ4n) is 1.02. The average Bonchev–Trinajstić information content (AvgIpc) is 2.16. The van der Waals surface area contributed by atoms with E-state index < -0.39 is 6.10 Å². The lowest BCUT2D eigenvalue weighted by molar-refractivity contribution is 0.111. The number of rotatable bonds is 3. The number of pyridine rings is 1. The molecule has 0 aliphatic rings. The van der Waals surface area contributed by atoms with Crippen molar-refractivity contribution < 1.29 is 9.90 Å². The predicted octanol–water partition coefficient (Wildman–Crippen LogP) is 0.275. The number of hydrogen-bond donors (Lipinski definition) is 2. The highest BCUT2D eigenvalue weighted by Crippen LogP contribution is 2.14. The lowest BCUT2D eigenvalue weighted by Gasteiger charge is -2.14. The topological polar surface area (TPSA) is 76.2 Å². The molecule has 0 fully saturated rings. The molecule has 0 aliphatic heterocycles. The molecule has 0 spiro atoms. The van der Waals surface area contributed by atoms with Gasteiger partial charge in [-0.2, -0.15) is 0 Å². The van der Waals surface area contributed by atoms with Gasteiger partial charge < -0.3 is 10.8 Å². The summed E-state index contributed by atoms with van der Waals surface area (Å²) in [7, 11) is 0. The van der Waals surface area contributed by atoms with Crippen molar-refractivity contribution in [3.63, 3.8) is 0 Å². The Morgan fingerprint density at radius 1 is 1.69 bits per heavy atom. The molecule has 4 nitrogen and oxygen atoms in total. The first-order valence-corrected chi connectivity index (χ1v) is 4.00. The second-order valence-corrected chi connectivity index (χ2v) is 2.94. The number of aliphatic hydroxyl groups excluding tert-OH is 1. The Morgan fingerprint density at radius 3 is 2.92 bits per heavy atom. The van der Waals surface area contributed by atoms with Crippen molar-refractivity contribution >= 4 is 6.29 Å². The maximum atomic E-state index is 10.4. The zero-order chi connectivity index (χ0) is 9.84. The number of aromatic nitrogens is 1. The smallest absolute Gasteiger partial charge is 0.168 e. The van der Waals surface area contributed by atoms with E-state index in [9.17, 15) is 9.90 Å². The van der Waals surface area contributed by atoms with E-state index in [4.69, 9.17) is 5.73 Å². The fourth-order valence-corrected chi connectivity index (χ4v) is 1.02. The van der Waals surface area contributed by atoms with E-state index in [-0.39, 0.29) is 6.04 Å². The van der Waals surface area contributed by atoms with E-state index in [1.165, 1.54) is 12.3 Å². The van der Waals surface area contributed by atoms with Crippen LogP contribution in [-0.4, -0.2) is 22.4 Å². The number of hydrogen-bond acceptors (Lipinski definition) is 4. The van der Waals surface area contributed by atoms with Crippen molar-refractivity contribution in [3.05, 3.63) is 29.6 Å². The average molecular weight is 180 g/mol. The fraction of sp³-hybridized carbons (Fsp3) is 0.333. The standard InChI is InChI=1S/C9H12N2O2/c1-6(10)9(13)7-2-3-11-8(4-7)5-12/h2-6,9,13H,10H2,1H3. The number of nitrogens with two attached hydrogens (primary N) is 1. The minimum Gasteiger partial charge on any atom is -0.387 e. The first kappa shape index (κ1) is 9.83. The van der Waals surface area contributed by atoms with Gasteiger partial charge in [0.15, 0.2) is 6.29 Å². The van der Waals surface area contributed by atoms with Crippen LogP contribution in [-0.2, 0) is 0 Å². The molecule has 0 aliphatic carbocycles. The Kier molecular flexibility index (Phi) is 3.11. The van der Waals surface area contributed by atoms with Gasteiger partial charge in [-0.25, -0.2) is 0 Å². The van der Waals surface area contributed by atoms with Crippen molar-refractivity contribution in [3.8, 4) is 0 Å². The molecule has 0 amide bonds. The number of aldehydes is 1. The normalized spacial score (nSPS) is 15.0. The summed E-state index contributed by atoms with van der Waals surface area (Å²) in [5, 5.41) is 9.55. The van der Waals surface area contributed by atoms with Crippen molar-refractivity contribution in [2.75, 3.05) is 0 Å². The molecule has 13 heavy (non-hydrogen) atoms. The highest BCUT2D eigenvalue weighted by molar-refractivity contribution is 5.71. The molecular weight excluding hydrogens is 168 g/mol. The molecule has 0 bridgehead atoms. The van der Waals surface area contributed by atoms with Crippen LogP contribution in [0, 0.1) is 0 Å². The van der Waals surface area contributed by atoms with Crippen molar-refractivity contribution in [1.82, 2.24) is 4.98 Å². The molecule has 2 atom stereocenters. The monoisotopic (exact) mass is 180 g/mol. The predicted molar refractivity (Wildman–Crippen MR) is 48.2 cm³/mol. The molecule has 0 saturated carbocycles. The molecule has 0 radical (unpaired) electrons. The SMILES string of the molecule is CC(N)C(O)c1ccnc(C=O)c1. The number of nitrogens with zero attached hydrogens (tertiary/aromatic N) is 1. The van der Waals surface area contributed by atoms with Crippen LogP contribution < -0.4 is 5.73 Å². The number of aliphatic hydroxyl groups is 1. The van der Waals surface area contributed by atoms with E-state index in [2.05, 4.69) is 4.98 Å². The van der Waals surface area contributed by atoms with Crippen LogP contribution in [0.15, 0.2) is 18.3 Å². The third-order valence-electron chi connectivity index (χ3n) is 1.77. The third kappa shape index (κ3) is 2.34. The zero-order valence-electron chi connectivity index (χ0n) is 7.34. The lowest BCUT2D eigenvalue weighted by atomic mass is 10.1. The quantitative estimate of drug-likeness (QED) is 0.655. The van der Waals surface area contributed by atoms with Gasteiger partial charge in [-0.05, 0) is 24.6 Å². The van der Waals surface area contributed by atoms with Crippen LogP contribution in [0.1, 0.15) is 29.1 Å². The van der Waals surface area contributed by atoms with Crippen LogP contribution in [0.3, 0.4) is 0 Å². The molecule has 4 heteroatoms. The van der Waals surface area contributed by atoms with E-state index >= 15 is 0 Å². The van der Waals surface area contributed by atoms with Gasteiger partial charge in [-0.3, -0.25) is 9.78 Å². The first-order valence-electron chi connectivity index (χ1n) is 4.00. The molecule has 1 heterocycles. The first-order chi connectivity index (χ1) is 6.15. The van der Waals surface area contributed by atoms with E-state index in [1.54, 1.807) is 13.0 Å². The van der Waals surface area contributed by atoms with E-state index in [0.29, 0.717) is 17.5 Å². The van der Waals surface area contributed by atoms with Gasteiger partial charge >= 0.3 is 0 Å². The van der Waals surface area contributed by atoms with Gasteiger partial charge in [0.05, 0.1) is 6.10 Å². The molecule has 70 valence electrons. The Morgan fingerprint density at radius 2 is 2.38 bits per heavy atom. The molecule has 0 aromatic carbocycles. The summed E-state index contributed by atoms with van der Waals surface area (Å²) in [6.07, 6.45) is 1.36. The Hall–Kier alpha value is -1.26. The van der Waals surface area contributed by atoms with Crippen molar-refractivity contribution in [2.45, 2.75) is 19.1 Å². The number of carbonyl (C=O) groups excluding carboxylic acids is 1. The molecule has 1 aromatic heterocycles. The van der Waals surface area contributed by atoms with Gasteiger partial charge in [0, 0.05) is 12.2 Å². The minimum atomic E-state index is -0.748. The molecule has 3 N–H and O–H groups in total. The van der Waals surface area contributed by atoms with Gasteiger partial charge in [-0.15, -0.1) is 0 Å². The zero-order valence-corrected chi connectivity index (χ0v) is 7.34. The summed E-state index contributed by atoms with van der Waals surface area (Å²) < 4.78 is 0. The van der Waals surface area contributed by atoms with Crippen LogP contribution in [0.5, 0.6) is 0 Å². The second kappa shape index (κ2) is 4.11. The summed E-state index contributed by atoms with van der Waals surface area (Å²) in [4.78, 5) is 14.2. The Bertz CT molecular complexity index is 299. The summed E-state index contributed by atoms with van der Waals surface area (Å²) >= 11 is 0. The minimum absolute atomic E-state index is 0.303. The summed E-state index contributed by atoms with van der Waals surface area (Å²) in [5.74, 6) is 0. The van der Waals surface area contributed by atoms with E-state index in [0.717, 1.165) is 0 Å². The van der Waals surface area contributed by atoms with Crippen LogP contribution in [0.25, 0.3) is 0 Å². The molecule has 1 rings (SSSR count). The maximum Gasteiger partial charge on any atom is 0.168 e. The van der Waals surface area contributed by atoms with Crippen LogP contribution in [0.2, 0.25) is 0 Å². The van der Waals surface area contributed by atoms with Crippen LogP contribution in [0.4, 0.5) is 0 Å². The summed E-state index contributed by atoms with van der Waals surface area (Å²) in [6, 6.07) is 2.81. The largest absolute Gasteiger partial charge is 0.387 e. The van der Waals surface area contributed by atoms with Gasteiger partial charge in [0.2, 0.25) is 0 Å². The third-order valence-corrected chi connectivity index (χ3v) is 1.77. The molecular formula is C9H12N2O2. The van der Waals surface area contributed by atoms with Gasteiger partial charge in [-0.1, -0.05) is 0 Å². The second-order valence-electron chi connectivity index (χ2n) is 2.94. The highest BCUT2D eigenvalue weighted by Gasteiger charge is 2.12. The highest BCUT2D eigenvalue weighted by atomic mass is 16.3. The number of carbonyl (C=O) groups is 1. The summed E-state index contributed by atoms with van der Waals surface area (Å²) in [6.45, 7) is 1.70. The van der Waals surface area contributed by atoms with Gasteiger partial charge in [0.25, 0.3) is 0 Å². The molecule has 1 aromatic rings. The van der Waals surface area contributed by atoms with Gasteiger partial charge in [0.1, 0.15) is 5.69 Å².